The number of hydrogen-bond donors (Lipinski definition) is 0. The van der Waals surface area contributed by atoms with Gasteiger partial charge in [0.1, 0.15) is 22.8 Å². The number of methoxy groups -OCH3 is 1. The number of benzene rings is 2. The van der Waals surface area contributed by atoms with Gasteiger partial charge in [-0.15, -0.1) is 0 Å². The average molecular weight is 504 g/mol. The number of halogens is 2. The van der Waals surface area contributed by atoms with Crippen molar-refractivity contribution >= 4 is 22.4 Å². The summed E-state index contributed by atoms with van der Waals surface area (Å²) in [4.78, 5) is 24.4. The van der Waals surface area contributed by atoms with Crippen LogP contribution in [0.5, 0.6) is 5.75 Å². The van der Waals surface area contributed by atoms with Gasteiger partial charge in [-0.1, -0.05) is 6.07 Å². The van der Waals surface area contributed by atoms with E-state index in [2.05, 4.69) is 20.0 Å². The molecule has 0 unspecified atom stereocenters. The molecule has 2 aliphatic heterocycles. The molecular weight excluding hydrogens is 476 g/mol. The van der Waals surface area contributed by atoms with Crippen molar-refractivity contribution in [2.24, 2.45) is 13.0 Å². The normalized spacial score (nSPS) is 19.0. The molecular formula is C28H27F2N5O2. The van der Waals surface area contributed by atoms with Crippen LogP contribution in [0.3, 0.4) is 0 Å². The molecule has 3 aliphatic rings. The van der Waals surface area contributed by atoms with Crippen molar-refractivity contribution in [2.75, 3.05) is 18.6 Å². The molecule has 9 heteroatoms. The number of hydrogen-bond acceptors (Lipinski definition) is 6. The highest BCUT2D eigenvalue weighted by molar-refractivity contribution is 6.00. The van der Waals surface area contributed by atoms with Crippen LogP contribution in [0.1, 0.15) is 41.7 Å². The number of anilines is 1. The van der Waals surface area contributed by atoms with Gasteiger partial charge in [0.05, 0.1) is 18.4 Å². The van der Waals surface area contributed by atoms with Crippen molar-refractivity contribution in [3.8, 4) is 17.1 Å². The summed E-state index contributed by atoms with van der Waals surface area (Å²) in [6.07, 6.45) is 7.81. The number of fused-ring (bicyclic) bond motifs is 4. The van der Waals surface area contributed by atoms with Crippen LogP contribution < -0.4 is 9.64 Å². The first kappa shape index (κ1) is 23.5. The minimum atomic E-state index is -0.546. The molecule has 0 atom stereocenters. The molecule has 2 saturated heterocycles. The zero-order chi connectivity index (χ0) is 25.7. The van der Waals surface area contributed by atoms with Crippen molar-refractivity contribution in [1.82, 2.24) is 19.7 Å². The molecule has 4 aromatic rings. The third-order valence-corrected chi connectivity index (χ3v) is 7.63. The average Bonchev–Trinajstić information content (AvgIpc) is 3.31. The lowest BCUT2D eigenvalue weighted by Crippen LogP contribution is -2.48. The second-order valence-electron chi connectivity index (χ2n) is 9.94. The van der Waals surface area contributed by atoms with E-state index in [1.807, 2.05) is 6.20 Å². The highest BCUT2D eigenvalue weighted by Crippen LogP contribution is 2.42. The van der Waals surface area contributed by atoms with Gasteiger partial charge in [0.15, 0.2) is 17.4 Å². The maximum atomic E-state index is 15.2. The van der Waals surface area contributed by atoms with Gasteiger partial charge in [0, 0.05) is 43.8 Å². The molecule has 3 fully saturated rings. The van der Waals surface area contributed by atoms with Crippen LogP contribution in [0, 0.1) is 17.6 Å². The fourth-order valence-corrected chi connectivity index (χ4v) is 5.90. The quantitative estimate of drug-likeness (QED) is 0.340. The Kier molecular flexibility index (Phi) is 5.85. The first-order chi connectivity index (χ1) is 17.9. The lowest BCUT2D eigenvalue weighted by atomic mass is 9.79. The fourth-order valence-electron chi connectivity index (χ4n) is 5.90. The first-order valence-corrected chi connectivity index (χ1v) is 12.5. The molecule has 0 spiro atoms. The van der Waals surface area contributed by atoms with E-state index >= 15 is 4.39 Å². The zero-order valence-electron chi connectivity index (χ0n) is 20.7. The molecule has 4 heterocycles. The number of ether oxygens (including phenoxy) is 1. The van der Waals surface area contributed by atoms with Crippen molar-refractivity contribution in [3.05, 3.63) is 65.6 Å². The maximum absolute atomic E-state index is 15.2. The SMILES string of the molecule is COc1cccc(F)c1-c1nccc(C(=O)Cc2cc(F)c3nn(C)cc3c2N2CC3CCC2CC3)n1. The first-order valence-electron chi connectivity index (χ1n) is 12.5. The van der Waals surface area contributed by atoms with Crippen LogP contribution in [0.15, 0.2) is 42.7 Å². The fraction of sp³-hybridized carbons (Fsp3) is 0.357. The molecule has 2 aromatic carbocycles. The molecule has 7 rings (SSSR count). The molecule has 1 saturated carbocycles. The molecule has 1 aliphatic carbocycles. The molecule has 37 heavy (non-hydrogen) atoms. The number of nitrogens with zero attached hydrogens (tertiary/aromatic N) is 5. The minimum Gasteiger partial charge on any atom is -0.496 e. The van der Waals surface area contributed by atoms with E-state index in [4.69, 9.17) is 4.74 Å². The molecule has 0 radical (unpaired) electrons. The van der Waals surface area contributed by atoms with Crippen LogP contribution in [0.4, 0.5) is 14.5 Å². The zero-order valence-corrected chi connectivity index (χ0v) is 20.7. The molecule has 0 amide bonds. The van der Waals surface area contributed by atoms with Gasteiger partial charge in [0.25, 0.3) is 0 Å². The second-order valence-corrected chi connectivity index (χ2v) is 9.94. The molecule has 7 nitrogen and oxygen atoms in total. The van der Waals surface area contributed by atoms with E-state index in [0.717, 1.165) is 30.5 Å². The Labute approximate surface area is 213 Å². The number of piperidine rings is 2. The van der Waals surface area contributed by atoms with Crippen molar-refractivity contribution in [1.29, 1.82) is 0 Å². The number of carbonyl (C=O) groups excluding carboxylic acids is 1. The third kappa shape index (κ3) is 4.12. The Balaban J connectivity index is 1.40. The van der Waals surface area contributed by atoms with E-state index in [0.29, 0.717) is 23.0 Å². The van der Waals surface area contributed by atoms with E-state index in [-0.39, 0.29) is 35.0 Å². The number of aromatic nitrogens is 4. The largest absolute Gasteiger partial charge is 0.496 e. The maximum Gasteiger partial charge on any atom is 0.185 e. The lowest BCUT2D eigenvalue weighted by Gasteiger charge is -2.47. The minimum absolute atomic E-state index is 0.0458. The molecule has 2 aromatic heterocycles. The summed E-state index contributed by atoms with van der Waals surface area (Å²) in [5.41, 5.74) is 2.03. The predicted molar refractivity (Wildman–Crippen MR) is 136 cm³/mol. The summed E-state index contributed by atoms with van der Waals surface area (Å²) in [6.45, 7) is 0.895. The highest BCUT2D eigenvalue weighted by Gasteiger charge is 2.36. The summed E-state index contributed by atoms with van der Waals surface area (Å²) in [5, 5.41) is 5.06. The Bertz CT molecular complexity index is 1510. The number of aryl methyl sites for hydroxylation is 1. The summed E-state index contributed by atoms with van der Waals surface area (Å²) in [7, 11) is 3.21. The number of rotatable bonds is 6. The summed E-state index contributed by atoms with van der Waals surface area (Å²) in [6, 6.07) is 7.74. The standard InChI is InChI=1S/C28H27F2N5O2/c1-34-15-19-26(33-34)21(30)12-17(27(19)35-14-16-6-8-18(35)9-7-16)13-23(36)22-10-11-31-28(32-22)25-20(29)4-3-5-24(25)37-2/h3-5,10-12,15-16,18H,6-9,13-14H2,1-2H3. The molecule has 0 N–H and O–H groups in total. The number of carbonyl (C=O) groups is 1. The van der Waals surface area contributed by atoms with E-state index in [1.54, 1.807) is 17.8 Å². The van der Waals surface area contributed by atoms with Gasteiger partial charge in [-0.05, 0) is 61.4 Å². The number of ketones is 1. The van der Waals surface area contributed by atoms with Crippen molar-refractivity contribution < 1.29 is 18.3 Å². The van der Waals surface area contributed by atoms with Crippen molar-refractivity contribution in [3.63, 3.8) is 0 Å². The molecule has 190 valence electrons. The Morgan fingerprint density at radius 1 is 1.14 bits per heavy atom. The van der Waals surface area contributed by atoms with E-state index in [9.17, 15) is 9.18 Å². The van der Waals surface area contributed by atoms with Gasteiger partial charge in [-0.2, -0.15) is 5.10 Å². The van der Waals surface area contributed by atoms with Crippen LogP contribution in [-0.2, 0) is 13.5 Å². The highest BCUT2D eigenvalue weighted by atomic mass is 19.1. The second kappa shape index (κ2) is 9.21. The Morgan fingerprint density at radius 2 is 1.95 bits per heavy atom. The van der Waals surface area contributed by atoms with Crippen LogP contribution in [0.2, 0.25) is 0 Å². The van der Waals surface area contributed by atoms with Gasteiger partial charge < -0.3 is 9.64 Å². The van der Waals surface area contributed by atoms with Gasteiger partial charge in [-0.3, -0.25) is 9.48 Å². The summed E-state index contributed by atoms with van der Waals surface area (Å²) >= 11 is 0. The van der Waals surface area contributed by atoms with Gasteiger partial charge >= 0.3 is 0 Å². The lowest BCUT2D eigenvalue weighted by molar-refractivity contribution is 0.0988. The summed E-state index contributed by atoms with van der Waals surface area (Å²) < 4.78 is 36.7. The Hall–Kier alpha value is -3.88. The smallest absolute Gasteiger partial charge is 0.185 e. The van der Waals surface area contributed by atoms with E-state index in [1.165, 1.54) is 50.4 Å². The van der Waals surface area contributed by atoms with Crippen LogP contribution in [0.25, 0.3) is 22.3 Å². The number of Topliss-reactive ketones (excluding diaryl/α,β-unsaturated/α-hetero) is 1. The molecule has 2 bridgehead atoms. The monoisotopic (exact) mass is 503 g/mol. The van der Waals surface area contributed by atoms with E-state index < -0.39 is 11.6 Å². The predicted octanol–water partition coefficient (Wildman–Crippen LogP) is 5.12. The van der Waals surface area contributed by atoms with Gasteiger partial charge in [0.2, 0.25) is 0 Å². The topological polar surface area (TPSA) is 73.1 Å². The Morgan fingerprint density at radius 3 is 2.68 bits per heavy atom. The van der Waals surface area contributed by atoms with Gasteiger partial charge in [-0.25, -0.2) is 18.7 Å². The summed E-state index contributed by atoms with van der Waals surface area (Å²) in [5.74, 6) is -0.366. The van der Waals surface area contributed by atoms with Crippen molar-refractivity contribution in [2.45, 2.75) is 38.1 Å². The van der Waals surface area contributed by atoms with Crippen LogP contribution in [-0.4, -0.2) is 45.2 Å². The van der Waals surface area contributed by atoms with Crippen LogP contribution >= 0.6 is 0 Å². The third-order valence-electron chi connectivity index (χ3n) is 7.63.